The Kier molecular flexibility index (Phi) is 4.59. The van der Waals surface area contributed by atoms with Crippen LogP contribution in [0.5, 0.6) is 0 Å². The highest BCUT2D eigenvalue weighted by Crippen LogP contribution is 2.34. The van der Waals surface area contributed by atoms with E-state index in [4.69, 9.17) is 0 Å². The first-order valence-corrected chi connectivity index (χ1v) is 7.16. The first-order chi connectivity index (χ1) is 11.0. The lowest BCUT2D eigenvalue weighted by atomic mass is 9.95. The molecule has 0 aliphatic carbocycles. The summed E-state index contributed by atoms with van der Waals surface area (Å²) in [4.78, 5) is 23.4. The minimum absolute atomic E-state index is 0.104. The van der Waals surface area contributed by atoms with Gasteiger partial charge in [-0.25, -0.2) is 9.97 Å². The molecule has 2 aromatic rings. The highest BCUT2D eigenvalue weighted by molar-refractivity contribution is 5.95. The normalized spacial score (nSPS) is 12.1. The summed E-state index contributed by atoms with van der Waals surface area (Å²) in [5.74, 6) is -0.658. The predicted molar refractivity (Wildman–Crippen MR) is 83.1 cm³/mol. The standard InChI is InChI=1S/C16H17F3N4O/c1-9-5-10(7-20-6-9)13-21-8-11(12(23-13)16(17,18)19)22-14(24)15(2,3)4/h5-8H,1-4H3,(H,22,24). The minimum Gasteiger partial charge on any atom is -0.322 e. The molecule has 0 radical (unpaired) electrons. The van der Waals surface area contributed by atoms with E-state index in [0.29, 0.717) is 5.56 Å². The molecule has 24 heavy (non-hydrogen) atoms. The molecule has 8 heteroatoms. The molecule has 128 valence electrons. The van der Waals surface area contributed by atoms with Crippen LogP contribution < -0.4 is 5.32 Å². The number of amides is 1. The van der Waals surface area contributed by atoms with Crippen LogP contribution in [0.2, 0.25) is 0 Å². The molecule has 0 saturated heterocycles. The third-order valence-electron chi connectivity index (χ3n) is 3.12. The number of nitrogens with zero attached hydrogens (tertiary/aromatic N) is 3. The van der Waals surface area contributed by atoms with E-state index in [1.807, 2.05) is 0 Å². The Labute approximate surface area is 137 Å². The summed E-state index contributed by atoms with van der Waals surface area (Å²) in [7, 11) is 0. The Bertz CT molecular complexity index is 767. The lowest BCUT2D eigenvalue weighted by Crippen LogP contribution is -2.29. The van der Waals surface area contributed by atoms with Gasteiger partial charge in [0.1, 0.15) is 0 Å². The number of nitrogens with one attached hydrogen (secondary N) is 1. The highest BCUT2D eigenvalue weighted by Gasteiger charge is 2.37. The number of alkyl halides is 3. The first-order valence-electron chi connectivity index (χ1n) is 7.16. The van der Waals surface area contributed by atoms with Gasteiger partial charge in [0.25, 0.3) is 0 Å². The number of rotatable bonds is 2. The average Bonchev–Trinajstić information content (AvgIpc) is 2.45. The Hall–Kier alpha value is -2.51. The second kappa shape index (κ2) is 6.18. The fraction of sp³-hybridized carbons (Fsp3) is 0.375. The zero-order valence-electron chi connectivity index (χ0n) is 13.7. The Morgan fingerprint density at radius 3 is 2.33 bits per heavy atom. The molecule has 1 N–H and O–H groups in total. The number of carbonyl (C=O) groups is 1. The van der Waals surface area contributed by atoms with Crippen LogP contribution in [0, 0.1) is 12.3 Å². The molecule has 1 amide bonds. The summed E-state index contributed by atoms with van der Waals surface area (Å²) < 4.78 is 39.9. The molecule has 0 aliphatic heterocycles. The molecular weight excluding hydrogens is 321 g/mol. The number of aryl methyl sites for hydroxylation is 1. The van der Waals surface area contributed by atoms with Crippen molar-refractivity contribution in [2.75, 3.05) is 5.32 Å². The van der Waals surface area contributed by atoms with E-state index in [1.54, 1.807) is 40.0 Å². The van der Waals surface area contributed by atoms with Gasteiger partial charge >= 0.3 is 6.18 Å². The van der Waals surface area contributed by atoms with Crippen molar-refractivity contribution < 1.29 is 18.0 Å². The average molecular weight is 338 g/mol. The van der Waals surface area contributed by atoms with E-state index in [0.717, 1.165) is 11.8 Å². The number of hydrogen-bond donors (Lipinski definition) is 1. The van der Waals surface area contributed by atoms with Crippen molar-refractivity contribution >= 4 is 11.6 Å². The largest absolute Gasteiger partial charge is 0.435 e. The number of pyridine rings is 1. The number of halogens is 3. The second-order valence-electron chi connectivity index (χ2n) is 6.41. The highest BCUT2D eigenvalue weighted by atomic mass is 19.4. The summed E-state index contributed by atoms with van der Waals surface area (Å²) in [5, 5.41) is 2.25. The maximum atomic E-state index is 13.3. The van der Waals surface area contributed by atoms with E-state index in [9.17, 15) is 18.0 Å². The number of anilines is 1. The summed E-state index contributed by atoms with van der Waals surface area (Å²) in [5.41, 5.74) is -1.36. The summed E-state index contributed by atoms with van der Waals surface area (Å²) in [6.07, 6.45) is -0.797. The van der Waals surface area contributed by atoms with Gasteiger partial charge < -0.3 is 5.32 Å². The van der Waals surface area contributed by atoms with Gasteiger partial charge in [0.2, 0.25) is 5.91 Å². The Morgan fingerprint density at radius 1 is 1.12 bits per heavy atom. The molecule has 0 unspecified atom stereocenters. The van der Waals surface area contributed by atoms with Gasteiger partial charge in [-0.15, -0.1) is 0 Å². The first kappa shape index (κ1) is 17.8. The van der Waals surface area contributed by atoms with Gasteiger partial charge in [0.05, 0.1) is 11.9 Å². The van der Waals surface area contributed by atoms with Crippen molar-refractivity contribution in [3.8, 4) is 11.4 Å². The molecule has 0 aromatic carbocycles. The minimum atomic E-state index is -4.73. The van der Waals surface area contributed by atoms with Crippen molar-refractivity contribution in [1.29, 1.82) is 0 Å². The van der Waals surface area contributed by atoms with Crippen LogP contribution in [0.4, 0.5) is 18.9 Å². The number of hydrogen-bond acceptors (Lipinski definition) is 4. The van der Waals surface area contributed by atoms with Crippen LogP contribution >= 0.6 is 0 Å². The topological polar surface area (TPSA) is 67.8 Å². The molecule has 5 nitrogen and oxygen atoms in total. The van der Waals surface area contributed by atoms with Crippen molar-refractivity contribution in [2.24, 2.45) is 5.41 Å². The fourth-order valence-electron chi connectivity index (χ4n) is 1.82. The number of carbonyl (C=O) groups excluding carboxylic acids is 1. The molecule has 0 saturated carbocycles. The van der Waals surface area contributed by atoms with Gasteiger partial charge in [-0.05, 0) is 18.6 Å². The molecule has 2 heterocycles. The van der Waals surface area contributed by atoms with Crippen LogP contribution in [-0.4, -0.2) is 20.9 Å². The zero-order chi connectivity index (χ0) is 18.1. The second-order valence-corrected chi connectivity index (χ2v) is 6.41. The SMILES string of the molecule is Cc1cncc(-c2ncc(NC(=O)C(C)(C)C)c(C(F)(F)F)n2)c1. The van der Waals surface area contributed by atoms with Crippen molar-refractivity contribution in [1.82, 2.24) is 15.0 Å². The van der Waals surface area contributed by atoms with Crippen molar-refractivity contribution in [3.63, 3.8) is 0 Å². The summed E-state index contributed by atoms with van der Waals surface area (Å²) >= 11 is 0. The van der Waals surface area contributed by atoms with Crippen molar-refractivity contribution in [2.45, 2.75) is 33.9 Å². The summed E-state index contributed by atoms with van der Waals surface area (Å²) in [6.45, 7) is 6.56. The van der Waals surface area contributed by atoms with E-state index < -0.39 is 28.9 Å². The fourth-order valence-corrected chi connectivity index (χ4v) is 1.82. The quantitative estimate of drug-likeness (QED) is 0.903. The Morgan fingerprint density at radius 2 is 1.79 bits per heavy atom. The molecule has 0 fully saturated rings. The van der Waals surface area contributed by atoms with Gasteiger partial charge in [-0.1, -0.05) is 20.8 Å². The van der Waals surface area contributed by atoms with Crippen LogP contribution in [0.3, 0.4) is 0 Å². The predicted octanol–water partition coefficient (Wildman–Crippen LogP) is 3.85. The van der Waals surface area contributed by atoms with E-state index in [1.165, 1.54) is 6.20 Å². The van der Waals surface area contributed by atoms with Crippen LogP contribution in [0.25, 0.3) is 11.4 Å². The molecule has 0 spiro atoms. The van der Waals surface area contributed by atoms with E-state index >= 15 is 0 Å². The Balaban J connectivity index is 2.49. The third kappa shape index (κ3) is 4.06. The lowest BCUT2D eigenvalue weighted by molar-refractivity contribution is -0.140. The van der Waals surface area contributed by atoms with Crippen LogP contribution in [0.1, 0.15) is 32.0 Å². The molecule has 2 aromatic heterocycles. The molecular formula is C16H17F3N4O. The van der Waals surface area contributed by atoms with E-state index in [2.05, 4.69) is 20.3 Å². The van der Waals surface area contributed by atoms with Gasteiger partial charge in [-0.2, -0.15) is 13.2 Å². The monoisotopic (exact) mass is 338 g/mol. The van der Waals surface area contributed by atoms with Crippen molar-refractivity contribution in [3.05, 3.63) is 35.9 Å². The zero-order valence-corrected chi connectivity index (χ0v) is 13.7. The van der Waals surface area contributed by atoms with Gasteiger partial charge in [0, 0.05) is 23.4 Å². The third-order valence-corrected chi connectivity index (χ3v) is 3.12. The molecule has 0 atom stereocenters. The van der Waals surface area contributed by atoms with Crippen LogP contribution in [0.15, 0.2) is 24.7 Å². The maximum absolute atomic E-state index is 13.3. The smallest absolute Gasteiger partial charge is 0.322 e. The molecule has 0 aliphatic rings. The molecule has 0 bridgehead atoms. The van der Waals surface area contributed by atoms with E-state index in [-0.39, 0.29) is 5.82 Å². The van der Waals surface area contributed by atoms with Gasteiger partial charge in [-0.3, -0.25) is 9.78 Å². The van der Waals surface area contributed by atoms with Gasteiger partial charge in [0.15, 0.2) is 11.5 Å². The number of aromatic nitrogens is 3. The molecule has 2 rings (SSSR count). The summed E-state index contributed by atoms with van der Waals surface area (Å²) in [6, 6.07) is 1.63. The maximum Gasteiger partial charge on any atom is 0.435 e. The lowest BCUT2D eigenvalue weighted by Gasteiger charge is -2.19. The van der Waals surface area contributed by atoms with Crippen LogP contribution in [-0.2, 0) is 11.0 Å².